The summed E-state index contributed by atoms with van der Waals surface area (Å²) in [6, 6.07) is 8.41. The summed E-state index contributed by atoms with van der Waals surface area (Å²) in [7, 11) is 17.5. The van der Waals surface area contributed by atoms with Gasteiger partial charge in [-0.2, -0.15) is 13.9 Å². The molecule has 1 aliphatic rings. The number of amides is 1. The third kappa shape index (κ3) is 5.37. The van der Waals surface area contributed by atoms with Crippen molar-refractivity contribution in [2.75, 3.05) is 11.1 Å². The predicted octanol–water partition coefficient (Wildman–Crippen LogP) is -4.26. The minimum atomic E-state index is -3.16. The molecule has 1 aliphatic carbocycles. The third-order valence-corrected chi connectivity index (χ3v) is 8.66. The monoisotopic (exact) mass is 539 g/mol. The van der Waals surface area contributed by atoms with Crippen LogP contribution < -0.4 is 25.8 Å². The largest absolute Gasteiger partial charge is 0.513 e. The number of carbonyl (C=O) groups is 1. The maximum absolute atomic E-state index is 13.7. The number of rotatable bonds is 9. The lowest BCUT2D eigenvalue weighted by atomic mass is 9.49. The van der Waals surface area contributed by atoms with Gasteiger partial charge in [-0.1, -0.05) is 16.5 Å². The molecule has 3 aromatic rings. The van der Waals surface area contributed by atoms with E-state index in [1.54, 1.807) is 29.1 Å². The van der Waals surface area contributed by atoms with Crippen molar-refractivity contribution in [3.8, 4) is 22.6 Å². The van der Waals surface area contributed by atoms with Crippen LogP contribution in [0.25, 0.3) is 11.1 Å². The number of benzene rings is 2. The van der Waals surface area contributed by atoms with E-state index in [1.165, 1.54) is 6.07 Å². The Balaban J connectivity index is 1.74. The van der Waals surface area contributed by atoms with E-state index in [2.05, 4.69) is 47.1 Å². The molecule has 1 fully saturated rings. The van der Waals surface area contributed by atoms with Crippen LogP contribution in [-0.4, -0.2) is 95.8 Å². The molecule has 0 radical (unpaired) electrons. The summed E-state index contributed by atoms with van der Waals surface area (Å²) in [5.74, 6) is -0.749. The molecule has 1 aromatic heterocycles. The summed E-state index contributed by atoms with van der Waals surface area (Å²) >= 11 is 0. The number of nitrogens with two attached hydrogens (primary N) is 1. The zero-order valence-corrected chi connectivity index (χ0v) is 24.6. The highest BCUT2D eigenvalue weighted by Crippen LogP contribution is 2.74. The minimum absolute atomic E-state index is 0.0969. The molecule has 4 rings (SSSR count). The van der Waals surface area contributed by atoms with E-state index in [1.807, 2.05) is 50.7 Å². The van der Waals surface area contributed by atoms with Gasteiger partial charge in [0.25, 0.3) is 5.91 Å². The smallest absolute Gasteiger partial charge is 0.387 e. The average molecular weight is 538 g/mol. The first-order valence-electron chi connectivity index (χ1n) is 13.2. The van der Waals surface area contributed by atoms with E-state index in [4.69, 9.17) is 15.2 Å². The SMILES string of the molecule is BC(B)(B)Oc1cc(Nc2ccc(-c3cnn(C)c3)cc2N)cc(OC(F)F)c1C(=O)NC1(B)C(B)(B)C1(B)B. The lowest BCUT2D eigenvalue weighted by molar-refractivity contribution is -0.0502. The molecule has 1 heterocycles. The Kier molecular flexibility index (Phi) is 7.39. The molecular formula is C22H31B8F2N5O3. The molecule has 0 saturated heterocycles. The number of aryl methyl sites for hydroxylation is 1. The lowest BCUT2D eigenvalue weighted by Gasteiger charge is -2.27. The number of nitrogen functional groups attached to an aromatic ring is 1. The Bertz CT molecular complexity index is 1450. The van der Waals surface area contributed by atoms with Gasteiger partial charge in [-0.05, 0) is 23.1 Å². The summed E-state index contributed by atoms with van der Waals surface area (Å²) in [6.07, 6.45) is 3.61. The number of hydrogen-bond donors (Lipinski definition) is 3. The third-order valence-electron chi connectivity index (χ3n) is 8.66. The number of nitrogens with zero attached hydrogens (tertiary/aromatic N) is 2. The molecule has 0 atom stereocenters. The van der Waals surface area contributed by atoms with Crippen LogP contribution in [0.4, 0.5) is 25.8 Å². The minimum Gasteiger partial charge on any atom is -0.513 e. The fraction of sp³-hybridized carbons (Fsp3) is 0.273. The van der Waals surface area contributed by atoms with Gasteiger partial charge in [-0.15, -0.1) is 0 Å². The quantitative estimate of drug-likeness (QED) is 0.189. The molecule has 8 nitrogen and oxygen atoms in total. The van der Waals surface area contributed by atoms with Crippen molar-refractivity contribution in [1.29, 1.82) is 0 Å². The first-order valence-corrected chi connectivity index (χ1v) is 13.2. The molecular weight excluding hydrogens is 507 g/mol. The zero-order chi connectivity index (χ0) is 29.8. The van der Waals surface area contributed by atoms with Gasteiger partial charge >= 0.3 is 6.61 Å². The predicted molar refractivity (Wildman–Crippen MR) is 177 cm³/mol. The second kappa shape index (κ2) is 9.96. The highest BCUT2D eigenvalue weighted by molar-refractivity contribution is 6.67. The number of ether oxygens (including phenoxy) is 2. The normalized spacial score (nSPS) is 16.7. The van der Waals surface area contributed by atoms with Gasteiger partial charge < -0.3 is 25.8 Å². The van der Waals surface area contributed by atoms with Gasteiger partial charge in [0.15, 0.2) is 0 Å². The molecule has 1 amide bonds. The number of nitrogens with one attached hydrogen (secondary N) is 2. The van der Waals surface area contributed by atoms with Crippen LogP contribution >= 0.6 is 0 Å². The average Bonchev–Trinajstić information content (AvgIpc) is 3.11. The van der Waals surface area contributed by atoms with E-state index >= 15 is 0 Å². The summed E-state index contributed by atoms with van der Waals surface area (Å²) in [5.41, 5.74) is 8.80. The zero-order valence-electron chi connectivity index (χ0n) is 24.6. The van der Waals surface area contributed by atoms with E-state index < -0.39 is 23.3 Å². The van der Waals surface area contributed by atoms with Crippen LogP contribution in [0, 0.1) is 0 Å². The molecule has 0 bridgehead atoms. The summed E-state index contributed by atoms with van der Waals surface area (Å²) in [4.78, 5) is 13.7. The number of hydrogen-bond acceptors (Lipinski definition) is 6. The Hall–Kier alpha value is -3.30. The van der Waals surface area contributed by atoms with Crippen molar-refractivity contribution in [3.63, 3.8) is 0 Å². The number of alkyl halides is 2. The maximum atomic E-state index is 13.7. The first-order chi connectivity index (χ1) is 18.4. The first kappa shape index (κ1) is 29.7. The summed E-state index contributed by atoms with van der Waals surface area (Å²) in [5, 5.41) is 9.26. The fourth-order valence-electron chi connectivity index (χ4n) is 5.26. The maximum Gasteiger partial charge on any atom is 0.387 e. The van der Waals surface area contributed by atoms with Gasteiger partial charge in [0, 0.05) is 41.9 Å². The van der Waals surface area contributed by atoms with Crippen molar-refractivity contribution in [3.05, 3.63) is 48.3 Å². The van der Waals surface area contributed by atoms with E-state index in [0.29, 0.717) is 17.1 Å². The highest BCUT2D eigenvalue weighted by Gasteiger charge is 2.72. The molecule has 18 heteroatoms. The lowest BCUT2D eigenvalue weighted by Crippen LogP contribution is -2.44. The Labute approximate surface area is 240 Å². The summed E-state index contributed by atoms with van der Waals surface area (Å²) in [6.45, 7) is -3.16. The molecule has 40 heavy (non-hydrogen) atoms. The molecule has 200 valence electrons. The molecule has 1 saturated carbocycles. The molecule has 4 N–H and O–H groups in total. The van der Waals surface area contributed by atoms with E-state index in [0.717, 1.165) is 11.1 Å². The van der Waals surface area contributed by atoms with Crippen LogP contribution in [0.2, 0.25) is 10.4 Å². The topological polar surface area (TPSA) is 103 Å². The van der Waals surface area contributed by atoms with Gasteiger partial charge in [0.2, 0.25) is 0 Å². The van der Waals surface area contributed by atoms with Gasteiger partial charge in [-0.3, -0.25) is 9.48 Å². The van der Waals surface area contributed by atoms with Crippen molar-refractivity contribution in [2.24, 2.45) is 7.05 Å². The Morgan fingerprint density at radius 2 is 1.68 bits per heavy atom. The fourth-order valence-corrected chi connectivity index (χ4v) is 5.26. The van der Waals surface area contributed by atoms with Crippen LogP contribution in [0.3, 0.4) is 0 Å². The summed E-state index contributed by atoms with van der Waals surface area (Å²) < 4.78 is 40.0. The Morgan fingerprint density at radius 1 is 1.05 bits per heavy atom. The van der Waals surface area contributed by atoms with Crippen molar-refractivity contribution >= 4 is 85.7 Å². The van der Waals surface area contributed by atoms with Crippen molar-refractivity contribution in [1.82, 2.24) is 15.1 Å². The standard InChI is InChI=1S/C22H31B8F2N5O3/c1-37-8-10(7-34-37)9-2-3-13(12(33)4-9)35-11-5-14(39-18(31)32)16(15(6-11)40-22(28,29)30)17(38)36-21(27)19(23,24)20(21,25)26/h2-8,18,35H,23-30,33H2,1H3,(H,36,38). The highest BCUT2D eigenvalue weighted by atomic mass is 19.3. The molecule has 2 aromatic carbocycles. The van der Waals surface area contributed by atoms with Crippen LogP contribution in [0.1, 0.15) is 10.4 Å². The number of carbonyl (C=O) groups excluding carboxylic acids is 1. The van der Waals surface area contributed by atoms with E-state index in [-0.39, 0.29) is 27.5 Å². The second-order valence-corrected chi connectivity index (χ2v) is 12.6. The molecule has 0 unspecified atom stereocenters. The van der Waals surface area contributed by atoms with E-state index in [9.17, 15) is 13.6 Å². The van der Waals surface area contributed by atoms with Gasteiger partial charge in [-0.25, -0.2) is 0 Å². The van der Waals surface area contributed by atoms with Gasteiger partial charge in [0.1, 0.15) is 79.8 Å². The van der Waals surface area contributed by atoms with Crippen LogP contribution in [0.15, 0.2) is 42.7 Å². The van der Waals surface area contributed by atoms with Gasteiger partial charge in [0.05, 0.1) is 17.6 Å². The Morgan fingerprint density at radius 3 is 2.17 bits per heavy atom. The number of anilines is 3. The molecule has 0 aliphatic heterocycles. The van der Waals surface area contributed by atoms with Crippen LogP contribution in [-0.2, 0) is 7.05 Å². The molecule has 0 spiro atoms. The van der Waals surface area contributed by atoms with Crippen LogP contribution in [0.5, 0.6) is 11.5 Å². The van der Waals surface area contributed by atoms with Crippen molar-refractivity contribution < 1.29 is 23.0 Å². The second-order valence-electron chi connectivity index (χ2n) is 12.6. The number of aromatic nitrogens is 2. The van der Waals surface area contributed by atoms with Crippen molar-refractivity contribution in [2.45, 2.75) is 27.8 Å². The number of halogens is 2.